The second-order valence-corrected chi connectivity index (χ2v) is 7.20. The van der Waals surface area contributed by atoms with Crippen LogP contribution in [0.4, 0.5) is 8.78 Å². The molecule has 0 saturated carbocycles. The number of hydrogen-bond donors (Lipinski definition) is 0. The van der Waals surface area contributed by atoms with Gasteiger partial charge in [-0.15, -0.1) is 0 Å². The Bertz CT molecular complexity index is 1030. The van der Waals surface area contributed by atoms with Gasteiger partial charge in [0.2, 0.25) is 0 Å². The van der Waals surface area contributed by atoms with E-state index in [0.717, 1.165) is 24.2 Å². The fourth-order valence-corrected chi connectivity index (χ4v) is 3.46. The number of carbonyl (C=O) groups is 1. The summed E-state index contributed by atoms with van der Waals surface area (Å²) in [5.74, 6) is -1.69. The van der Waals surface area contributed by atoms with E-state index in [1.165, 1.54) is 12.1 Å². The first kappa shape index (κ1) is 20.0. The molecule has 1 saturated heterocycles. The first-order valence-electron chi connectivity index (χ1n) is 9.59. The molecule has 1 amide bonds. The standard InChI is InChI=1S/C22H21F2N3O3/c1-26-9-10-27(13-21(26)15-5-3-2-4-6-15)22(28)20-12-17(30-25-20)14-29-16-7-8-18(23)19(24)11-16/h2-8,11-12,21H,9-10,13-14H2,1H3/t21-/m0/s1. The minimum absolute atomic E-state index is 0.0548. The molecule has 4 rings (SSSR count). The van der Waals surface area contributed by atoms with Crippen molar-refractivity contribution < 1.29 is 22.8 Å². The summed E-state index contributed by atoms with van der Waals surface area (Å²) < 4.78 is 36.8. The van der Waals surface area contributed by atoms with E-state index in [9.17, 15) is 13.6 Å². The molecule has 1 fully saturated rings. The summed E-state index contributed by atoms with van der Waals surface area (Å²) in [6.45, 7) is 1.83. The molecule has 1 aromatic heterocycles. The van der Waals surface area contributed by atoms with Crippen molar-refractivity contribution >= 4 is 5.91 Å². The maximum absolute atomic E-state index is 13.3. The molecule has 2 aromatic carbocycles. The quantitative estimate of drug-likeness (QED) is 0.639. The molecule has 0 bridgehead atoms. The van der Waals surface area contributed by atoms with Crippen molar-refractivity contribution in [1.82, 2.24) is 15.0 Å². The normalized spacial score (nSPS) is 17.2. The van der Waals surface area contributed by atoms with Gasteiger partial charge in [0.25, 0.3) is 5.91 Å². The molecular formula is C22H21F2N3O3. The van der Waals surface area contributed by atoms with Crippen molar-refractivity contribution in [2.24, 2.45) is 0 Å². The summed E-state index contributed by atoms with van der Waals surface area (Å²) in [6, 6.07) is 14.9. The highest BCUT2D eigenvalue weighted by Gasteiger charge is 2.30. The van der Waals surface area contributed by atoms with Crippen molar-refractivity contribution in [3.63, 3.8) is 0 Å². The molecule has 6 nitrogen and oxygen atoms in total. The average Bonchev–Trinajstić information content (AvgIpc) is 3.24. The summed E-state index contributed by atoms with van der Waals surface area (Å²) in [7, 11) is 2.04. The van der Waals surface area contributed by atoms with Crippen molar-refractivity contribution in [1.29, 1.82) is 0 Å². The molecule has 0 unspecified atom stereocenters. The van der Waals surface area contributed by atoms with Gasteiger partial charge in [0, 0.05) is 31.8 Å². The highest BCUT2D eigenvalue weighted by Crippen LogP contribution is 2.25. The second-order valence-electron chi connectivity index (χ2n) is 7.20. The van der Waals surface area contributed by atoms with E-state index in [4.69, 9.17) is 9.26 Å². The molecule has 0 spiro atoms. The van der Waals surface area contributed by atoms with Gasteiger partial charge in [0.05, 0.1) is 6.04 Å². The van der Waals surface area contributed by atoms with Crippen molar-refractivity contribution in [2.45, 2.75) is 12.6 Å². The molecule has 3 aromatic rings. The van der Waals surface area contributed by atoms with Gasteiger partial charge in [-0.3, -0.25) is 9.69 Å². The fourth-order valence-electron chi connectivity index (χ4n) is 3.46. The van der Waals surface area contributed by atoms with Gasteiger partial charge in [0.1, 0.15) is 12.4 Å². The number of ether oxygens (including phenoxy) is 1. The number of hydrogen-bond acceptors (Lipinski definition) is 5. The average molecular weight is 413 g/mol. The van der Waals surface area contributed by atoms with Crippen LogP contribution in [-0.2, 0) is 6.61 Å². The summed E-state index contributed by atoms with van der Waals surface area (Å²) in [5, 5.41) is 3.86. The van der Waals surface area contributed by atoms with Gasteiger partial charge in [0.15, 0.2) is 23.1 Å². The third-order valence-corrected chi connectivity index (χ3v) is 5.17. The number of likely N-dealkylation sites (N-methyl/N-ethyl adjacent to an activating group) is 1. The van der Waals surface area contributed by atoms with Gasteiger partial charge in [-0.05, 0) is 24.7 Å². The predicted molar refractivity (Wildman–Crippen MR) is 105 cm³/mol. The van der Waals surface area contributed by atoms with Crippen LogP contribution in [-0.4, -0.2) is 47.5 Å². The van der Waals surface area contributed by atoms with Crippen LogP contribution in [0.5, 0.6) is 5.75 Å². The Balaban J connectivity index is 1.40. The van der Waals surface area contributed by atoms with Crippen LogP contribution in [0.1, 0.15) is 27.9 Å². The van der Waals surface area contributed by atoms with E-state index in [1.54, 1.807) is 4.90 Å². The number of nitrogens with zero attached hydrogens (tertiary/aromatic N) is 3. The first-order chi connectivity index (χ1) is 14.5. The number of benzene rings is 2. The minimum atomic E-state index is -0.996. The number of aromatic nitrogens is 1. The van der Waals surface area contributed by atoms with Gasteiger partial charge in [-0.1, -0.05) is 35.5 Å². The highest BCUT2D eigenvalue weighted by atomic mass is 19.2. The topological polar surface area (TPSA) is 58.8 Å². The van der Waals surface area contributed by atoms with E-state index in [0.29, 0.717) is 18.8 Å². The molecule has 1 atom stereocenters. The van der Waals surface area contributed by atoms with E-state index >= 15 is 0 Å². The Morgan fingerprint density at radius 1 is 1.13 bits per heavy atom. The van der Waals surface area contributed by atoms with Gasteiger partial charge < -0.3 is 14.2 Å². The van der Waals surface area contributed by atoms with E-state index in [-0.39, 0.29) is 30.0 Å². The SMILES string of the molecule is CN1CCN(C(=O)c2cc(COc3ccc(F)c(F)c3)on2)C[C@H]1c1ccccc1. The zero-order valence-electron chi connectivity index (χ0n) is 16.4. The lowest BCUT2D eigenvalue weighted by Gasteiger charge is -2.39. The van der Waals surface area contributed by atoms with Crippen LogP contribution >= 0.6 is 0 Å². The Labute approximate surface area is 172 Å². The summed E-state index contributed by atoms with van der Waals surface area (Å²) in [4.78, 5) is 16.9. The fraction of sp³-hybridized carbons (Fsp3) is 0.273. The lowest BCUT2D eigenvalue weighted by molar-refractivity contribution is 0.0536. The highest BCUT2D eigenvalue weighted by molar-refractivity contribution is 5.92. The molecule has 0 radical (unpaired) electrons. The molecule has 8 heteroatoms. The number of halogens is 2. The van der Waals surface area contributed by atoms with E-state index < -0.39 is 11.6 Å². The third kappa shape index (κ3) is 4.33. The van der Waals surface area contributed by atoms with E-state index in [2.05, 4.69) is 22.2 Å². The molecule has 1 aliphatic heterocycles. The maximum Gasteiger partial charge on any atom is 0.276 e. The maximum atomic E-state index is 13.3. The van der Waals surface area contributed by atoms with Crippen molar-refractivity contribution in [2.75, 3.05) is 26.7 Å². The monoisotopic (exact) mass is 413 g/mol. The third-order valence-electron chi connectivity index (χ3n) is 5.17. The van der Waals surface area contributed by atoms with Crippen LogP contribution < -0.4 is 4.74 Å². The largest absolute Gasteiger partial charge is 0.485 e. The number of carbonyl (C=O) groups excluding carboxylic acids is 1. The van der Waals surface area contributed by atoms with Crippen molar-refractivity contribution in [3.8, 4) is 5.75 Å². The van der Waals surface area contributed by atoms with Gasteiger partial charge in [-0.2, -0.15) is 0 Å². The molecular weight excluding hydrogens is 392 g/mol. The lowest BCUT2D eigenvalue weighted by atomic mass is 10.0. The van der Waals surface area contributed by atoms with Gasteiger partial charge in [-0.25, -0.2) is 8.78 Å². The van der Waals surface area contributed by atoms with Crippen LogP contribution in [0.2, 0.25) is 0 Å². The minimum Gasteiger partial charge on any atom is -0.485 e. The molecule has 0 N–H and O–H groups in total. The molecule has 1 aliphatic rings. The molecule has 2 heterocycles. The number of piperazine rings is 1. The van der Waals surface area contributed by atoms with Crippen LogP contribution in [0.15, 0.2) is 59.1 Å². The Kier molecular flexibility index (Phi) is 5.76. The summed E-state index contributed by atoms with van der Waals surface area (Å²) in [5.41, 5.74) is 1.34. The zero-order valence-corrected chi connectivity index (χ0v) is 16.4. The summed E-state index contributed by atoms with van der Waals surface area (Å²) in [6.07, 6.45) is 0. The van der Waals surface area contributed by atoms with Crippen molar-refractivity contribution in [3.05, 3.63) is 83.2 Å². The lowest BCUT2D eigenvalue weighted by Crippen LogP contribution is -2.49. The van der Waals surface area contributed by atoms with Crippen LogP contribution in [0.25, 0.3) is 0 Å². The smallest absolute Gasteiger partial charge is 0.276 e. The molecule has 0 aliphatic carbocycles. The predicted octanol–water partition coefficient (Wildman–Crippen LogP) is 3.66. The Morgan fingerprint density at radius 2 is 1.93 bits per heavy atom. The van der Waals surface area contributed by atoms with Gasteiger partial charge >= 0.3 is 0 Å². The van der Waals surface area contributed by atoms with E-state index in [1.807, 2.05) is 25.2 Å². The Morgan fingerprint density at radius 3 is 2.70 bits per heavy atom. The van der Waals surface area contributed by atoms with Crippen LogP contribution in [0, 0.1) is 11.6 Å². The second kappa shape index (κ2) is 8.62. The summed E-state index contributed by atoms with van der Waals surface area (Å²) >= 11 is 0. The molecule has 156 valence electrons. The Hall–Kier alpha value is -3.26. The number of amides is 1. The first-order valence-corrected chi connectivity index (χ1v) is 9.59. The zero-order chi connectivity index (χ0) is 21.1. The molecule has 30 heavy (non-hydrogen) atoms. The van der Waals surface area contributed by atoms with Crippen LogP contribution in [0.3, 0.4) is 0 Å². The number of rotatable bonds is 5.